The molecule has 26 heavy (non-hydrogen) atoms. The maximum absolute atomic E-state index is 12.2. The summed E-state index contributed by atoms with van der Waals surface area (Å²) in [6, 6.07) is 15.1. The van der Waals surface area contributed by atoms with Crippen LogP contribution in [0.4, 0.5) is 5.69 Å². The zero-order valence-electron chi connectivity index (χ0n) is 14.6. The summed E-state index contributed by atoms with van der Waals surface area (Å²) in [4.78, 5) is 25.8. The minimum absolute atomic E-state index is 0.171. The molecule has 1 unspecified atom stereocenters. The Hall–Kier alpha value is -2.34. The second-order valence-corrected chi connectivity index (χ2v) is 7.16. The molecule has 0 radical (unpaired) electrons. The highest BCUT2D eigenvalue weighted by atomic mass is 79.9. The monoisotopic (exact) mass is 416 g/mol. The Morgan fingerprint density at radius 1 is 1.19 bits per heavy atom. The van der Waals surface area contributed by atoms with Gasteiger partial charge in [0.15, 0.2) is 6.10 Å². The maximum Gasteiger partial charge on any atom is 0.261 e. The summed E-state index contributed by atoms with van der Waals surface area (Å²) in [6.07, 6.45) is 0.943. The van der Waals surface area contributed by atoms with Gasteiger partial charge in [-0.25, -0.2) is 0 Å². The van der Waals surface area contributed by atoms with Crippen molar-refractivity contribution in [2.75, 3.05) is 11.4 Å². The van der Waals surface area contributed by atoms with Crippen LogP contribution in [0.15, 0.2) is 53.0 Å². The lowest BCUT2D eigenvalue weighted by molar-refractivity contribution is -0.127. The van der Waals surface area contributed by atoms with Crippen LogP contribution in [0, 0.1) is 0 Å². The number of ether oxygens (including phenoxy) is 1. The van der Waals surface area contributed by atoms with Crippen LogP contribution in [0.1, 0.15) is 25.3 Å². The average molecular weight is 417 g/mol. The number of halogens is 1. The Morgan fingerprint density at radius 3 is 2.50 bits per heavy atom. The van der Waals surface area contributed by atoms with E-state index in [2.05, 4.69) is 21.2 Å². The van der Waals surface area contributed by atoms with E-state index in [0.29, 0.717) is 18.7 Å². The SMILES string of the molecule is CC(Oc1ccc(Br)cc1)C(=O)NCc1ccc(N2CCCC2=O)cc1. The summed E-state index contributed by atoms with van der Waals surface area (Å²) in [5.41, 5.74) is 1.89. The van der Waals surface area contributed by atoms with Crippen molar-refractivity contribution in [3.05, 3.63) is 58.6 Å². The van der Waals surface area contributed by atoms with Crippen molar-refractivity contribution in [1.29, 1.82) is 0 Å². The molecule has 0 saturated carbocycles. The molecule has 2 aromatic carbocycles. The lowest BCUT2D eigenvalue weighted by atomic mass is 10.2. The summed E-state index contributed by atoms with van der Waals surface area (Å²) < 4.78 is 6.60. The first-order valence-corrected chi connectivity index (χ1v) is 9.41. The van der Waals surface area contributed by atoms with Gasteiger partial charge in [0, 0.05) is 29.7 Å². The van der Waals surface area contributed by atoms with E-state index in [1.54, 1.807) is 11.8 Å². The smallest absolute Gasteiger partial charge is 0.261 e. The Morgan fingerprint density at radius 2 is 1.88 bits per heavy atom. The van der Waals surface area contributed by atoms with Crippen molar-refractivity contribution in [1.82, 2.24) is 5.32 Å². The average Bonchev–Trinajstić information content (AvgIpc) is 3.08. The molecule has 1 saturated heterocycles. The van der Waals surface area contributed by atoms with Gasteiger partial charge in [0.2, 0.25) is 5.91 Å². The van der Waals surface area contributed by atoms with Crippen LogP contribution in [-0.4, -0.2) is 24.5 Å². The highest BCUT2D eigenvalue weighted by Gasteiger charge is 2.21. The first kappa shape index (κ1) is 18.5. The van der Waals surface area contributed by atoms with Crippen molar-refractivity contribution >= 4 is 33.4 Å². The molecular formula is C20H21BrN2O3. The highest BCUT2D eigenvalue weighted by molar-refractivity contribution is 9.10. The third-order valence-electron chi connectivity index (χ3n) is 4.28. The fourth-order valence-corrected chi connectivity index (χ4v) is 3.08. The van der Waals surface area contributed by atoms with Crippen LogP contribution >= 0.6 is 15.9 Å². The van der Waals surface area contributed by atoms with E-state index in [0.717, 1.165) is 28.7 Å². The van der Waals surface area contributed by atoms with E-state index in [-0.39, 0.29) is 11.8 Å². The van der Waals surface area contributed by atoms with Crippen molar-refractivity contribution in [2.24, 2.45) is 0 Å². The van der Waals surface area contributed by atoms with Crippen LogP contribution < -0.4 is 15.0 Å². The zero-order valence-corrected chi connectivity index (χ0v) is 16.2. The summed E-state index contributed by atoms with van der Waals surface area (Å²) in [5.74, 6) is 0.646. The molecule has 1 heterocycles. The molecule has 1 atom stereocenters. The normalized spacial score (nSPS) is 15.0. The Kier molecular flexibility index (Phi) is 5.93. The van der Waals surface area contributed by atoms with Crippen molar-refractivity contribution in [3.63, 3.8) is 0 Å². The van der Waals surface area contributed by atoms with Gasteiger partial charge >= 0.3 is 0 Å². The molecule has 0 aliphatic carbocycles. The van der Waals surface area contributed by atoms with Gasteiger partial charge in [0.25, 0.3) is 5.91 Å². The minimum Gasteiger partial charge on any atom is -0.481 e. The first-order chi connectivity index (χ1) is 12.5. The number of amides is 2. The van der Waals surface area contributed by atoms with Gasteiger partial charge in [-0.1, -0.05) is 28.1 Å². The maximum atomic E-state index is 12.2. The van der Waals surface area contributed by atoms with Crippen LogP contribution in [0.25, 0.3) is 0 Å². The number of hydrogen-bond donors (Lipinski definition) is 1. The van der Waals surface area contributed by atoms with Crippen LogP contribution in [0.2, 0.25) is 0 Å². The number of anilines is 1. The molecule has 3 rings (SSSR count). The zero-order chi connectivity index (χ0) is 18.5. The van der Waals surface area contributed by atoms with Crippen LogP contribution in [0.3, 0.4) is 0 Å². The minimum atomic E-state index is -0.585. The predicted octanol–water partition coefficient (Wildman–Crippen LogP) is 3.66. The van der Waals surface area contributed by atoms with E-state index in [4.69, 9.17) is 4.74 Å². The molecule has 1 aliphatic heterocycles. The molecule has 6 heteroatoms. The van der Waals surface area contributed by atoms with E-state index < -0.39 is 6.10 Å². The largest absolute Gasteiger partial charge is 0.481 e. The molecule has 1 fully saturated rings. The number of hydrogen-bond acceptors (Lipinski definition) is 3. The molecule has 1 aliphatic rings. The van der Waals surface area contributed by atoms with Crippen molar-refractivity contribution in [2.45, 2.75) is 32.4 Å². The van der Waals surface area contributed by atoms with Crippen LogP contribution in [-0.2, 0) is 16.1 Å². The van der Waals surface area contributed by atoms with Gasteiger partial charge in [-0.05, 0) is 55.3 Å². The number of carbonyl (C=O) groups excluding carboxylic acids is 2. The molecule has 2 aromatic rings. The molecule has 5 nitrogen and oxygen atoms in total. The van der Waals surface area contributed by atoms with Crippen molar-refractivity contribution < 1.29 is 14.3 Å². The number of benzene rings is 2. The van der Waals surface area contributed by atoms with Gasteiger partial charge < -0.3 is 15.0 Å². The summed E-state index contributed by atoms with van der Waals surface area (Å²) in [5, 5.41) is 2.87. The standard InChI is InChI=1S/C20H21BrN2O3/c1-14(26-18-10-6-16(21)7-11-18)20(25)22-13-15-4-8-17(9-5-15)23-12-2-3-19(23)24/h4-11,14H,2-3,12-13H2,1H3,(H,22,25). The lowest BCUT2D eigenvalue weighted by Crippen LogP contribution is -2.35. The Bertz CT molecular complexity index is 775. The van der Waals surface area contributed by atoms with E-state index in [9.17, 15) is 9.59 Å². The first-order valence-electron chi connectivity index (χ1n) is 8.62. The lowest BCUT2D eigenvalue weighted by Gasteiger charge is -2.17. The van der Waals surface area contributed by atoms with E-state index in [1.807, 2.05) is 48.5 Å². The molecule has 2 amide bonds. The number of rotatable bonds is 6. The topological polar surface area (TPSA) is 58.6 Å². The molecule has 0 aromatic heterocycles. The Labute approximate surface area is 161 Å². The quantitative estimate of drug-likeness (QED) is 0.781. The predicted molar refractivity (Wildman–Crippen MR) is 104 cm³/mol. The Balaban J connectivity index is 1.50. The summed E-state index contributed by atoms with van der Waals surface area (Å²) in [7, 11) is 0. The fraction of sp³-hybridized carbons (Fsp3) is 0.300. The molecular weight excluding hydrogens is 396 g/mol. The molecule has 0 bridgehead atoms. The molecule has 1 N–H and O–H groups in total. The molecule has 136 valence electrons. The second kappa shape index (κ2) is 8.36. The van der Waals surface area contributed by atoms with Gasteiger partial charge in [-0.2, -0.15) is 0 Å². The van der Waals surface area contributed by atoms with Gasteiger partial charge in [-0.3, -0.25) is 9.59 Å². The summed E-state index contributed by atoms with van der Waals surface area (Å²) >= 11 is 3.36. The van der Waals surface area contributed by atoms with E-state index >= 15 is 0 Å². The van der Waals surface area contributed by atoms with Gasteiger partial charge in [0.1, 0.15) is 5.75 Å². The third-order valence-corrected chi connectivity index (χ3v) is 4.81. The second-order valence-electron chi connectivity index (χ2n) is 6.25. The van der Waals surface area contributed by atoms with Gasteiger partial charge in [-0.15, -0.1) is 0 Å². The number of carbonyl (C=O) groups is 2. The summed E-state index contributed by atoms with van der Waals surface area (Å²) in [6.45, 7) is 2.92. The highest BCUT2D eigenvalue weighted by Crippen LogP contribution is 2.21. The van der Waals surface area contributed by atoms with Crippen LogP contribution in [0.5, 0.6) is 5.75 Å². The van der Waals surface area contributed by atoms with Crippen molar-refractivity contribution in [3.8, 4) is 5.75 Å². The number of nitrogens with zero attached hydrogens (tertiary/aromatic N) is 1. The van der Waals surface area contributed by atoms with Gasteiger partial charge in [0.05, 0.1) is 0 Å². The van der Waals surface area contributed by atoms with E-state index in [1.165, 1.54) is 0 Å². The fourth-order valence-electron chi connectivity index (χ4n) is 2.82. The number of nitrogens with one attached hydrogen (secondary N) is 1. The molecule has 0 spiro atoms. The third kappa shape index (κ3) is 4.64.